The van der Waals surface area contributed by atoms with Crippen LogP contribution in [0.1, 0.15) is 48.7 Å². The predicted octanol–water partition coefficient (Wildman–Crippen LogP) is 4.47. The molecule has 0 radical (unpaired) electrons. The normalized spacial score (nSPS) is 10.6. The first-order valence-electron chi connectivity index (χ1n) is 11.8. The Kier molecular flexibility index (Phi) is 10.3. The van der Waals surface area contributed by atoms with Gasteiger partial charge in [-0.25, -0.2) is 4.79 Å². The number of fused-ring (bicyclic) bond motifs is 1. The first-order chi connectivity index (χ1) is 17.1. The van der Waals surface area contributed by atoms with Gasteiger partial charge >= 0.3 is 12.1 Å². The summed E-state index contributed by atoms with van der Waals surface area (Å²) in [6, 6.07) is 12.1. The molecule has 0 atom stereocenters. The molecule has 37 heavy (non-hydrogen) atoms. The van der Waals surface area contributed by atoms with Gasteiger partial charge in [-0.15, -0.1) is 12.4 Å². The number of rotatable bonds is 10. The SMILES string of the molecule is CCOC(=O)CN(C(=O)Oc1ccc2c(c1)c(C(=O)CCc1ccc(C(=N)N)cc1)cn2C)C(C)C.Cl. The van der Waals surface area contributed by atoms with Gasteiger partial charge in [-0.3, -0.25) is 19.9 Å². The molecule has 1 heterocycles. The minimum absolute atomic E-state index is 0. The van der Waals surface area contributed by atoms with Crippen LogP contribution in [0.4, 0.5) is 4.79 Å². The number of Topliss-reactive ketones (excluding diaryl/α,β-unsaturated/α-hetero) is 1. The molecule has 0 unspecified atom stereocenters. The number of nitrogens with two attached hydrogens (primary N) is 1. The molecule has 10 heteroatoms. The van der Waals surface area contributed by atoms with Gasteiger partial charge in [0.15, 0.2) is 5.78 Å². The van der Waals surface area contributed by atoms with Crippen molar-refractivity contribution in [1.82, 2.24) is 9.47 Å². The molecule has 9 nitrogen and oxygen atoms in total. The van der Waals surface area contributed by atoms with E-state index in [1.807, 2.05) is 23.7 Å². The standard InChI is InChI=1S/C27H32N4O5.ClH/c1-5-35-25(33)16-31(17(2)3)27(34)36-20-11-12-23-21(14-20)22(15-30(23)4)24(32)13-8-18-6-9-19(10-7-18)26(28)29;/h6-7,9-12,14-15,17H,5,8,13,16H2,1-4H3,(H3,28,29);1H. The van der Waals surface area contributed by atoms with E-state index in [4.69, 9.17) is 20.6 Å². The second kappa shape index (κ2) is 12.9. The molecule has 0 aliphatic heterocycles. The number of amidine groups is 1. The zero-order valence-corrected chi connectivity index (χ0v) is 22.3. The van der Waals surface area contributed by atoms with Crippen LogP contribution in [0.3, 0.4) is 0 Å². The van der Waals surface area contributed by atoms with Crippen LogP contribution >= 0.6 is 12.4 Å². The fourth-order valence-electron chi connectivity index (χ4n) is 3.86. The number of carbonyl (C=O) groups excluding carboxylic acids is 3. The number of carbonyl (C=O) groups is 3. The second-order valence-electron chi connectivity index (χ2n) is 8.76. The zero-order valence-electron chi connectivity index (χ0n) is 21.4. The van der Waals surface area contributed by atoms with E-state index in [-0.39, 0.29) is 49.0 Å². The number of benzene rings is 2. The van der Waals surface area contributed by atoms with Crippen LogP contribution in [-0.2, 0) is 23.0 Å². The minimum atomic E-state index is -0.671. The molecule has 3 N–H and O–H groups in total. The maximum atomic E-state index is 13.1. The topological polar surface area (TPSA) is 128 Å². The van der Waals surface area contributed by atoms with E-state index in [2.05, 4.69) is 0 Å². The Balaban J connectivity index is 0.00000481. The number of hydrogen-bond acceptors (Lipinski definition) is 6. The molecule has 2 aromatic carbocycles. The highest BCUT2D eigenvalue weighted by molar-refractivity contribution is 6.08. The smallest absolute Gasteiger partial charge is 0.415 e. The van der Waals surface area contributed by atoms with Gasteiger partial charge in [0.1, 0.15) is 18.1 Å². The molecule has 0 spiro atoms. The third-order valence-corrected chi connectivity index (χ3v) is 5.83. The summed E-state index contributed by atoms with van der Waals surface area (Å²) in [5.74, 6) is -0.263. The predicted molar refractivity (Wildman–Crippen MR) is 145 cm³/mol. The maximum Gasteiger partial charge on any atom is 0.415 e. The van der Waals surface area contributed by atoms with Crippen molar-refractivity contribution in [2.45, 2.75) is 39.7 Å². The van der Waals surface area contributed by atoms with E-state index < -0.39 is 12.1 Å². The molecule has 1 amide bonds. The van der Waals surface area contributed by atoms with Gasteiger partial charge in [0.05, 0.1) is 6.61 Å². The summed E-state index contributed by atoms with van der Waals surface area (Å²) in [5.41, 5.74) is 8.48. The molecular formula is C27H33ClN4O5. The molecule has 1 aromatic heterocycles. The van der Waals surface area contributed by atoms with E-state index >= 15 is 0 Å². The van der Waals surface area contributed by atoms with Crippen molar-refractivity contribution in [2.24, 2.45) is 12.8 Å². The van der Waals surface area contributed by atoms with Crippen molar-refractivity contribution in [3.63, 3.8) is 0 Å². The van der Waals surface area contributed by atoms with E-state index in [0.29, 0.717) is 29.4 Å². The Morgan fingerprint density at radius 3 is 2.38 bits per heavy atom. The highest BCUT2D eigenvalue weighted by Gasteiger charge is 2.23. The molecular weight excluding hydrogens is 496 g/mol. The first kappa shape index (κ1) is 29.4. The average Bonchev–Trinajstić information content (AvgIpc) is 3.17. The van der Waals surface area contributed by atoms with E-state index in [0.717, 1.165) is 11.1 Å². The largest absolute Gasteiger partial charge is 0.465 e. The van der Waals surface area contributed by atoms with E-state index in [1.54, 1.807) is 57.3 Å². The van der Waals surface area contributed by atoms with Crippen molar-refractivity contribution in [3.8, 4) is 5.75 Å². The summed E-state index contributed by atoms with van der Waals surface area (Å²) in [6.07, 6.45) is 1.94. The van der Waals surface area contributed by atoms with Crippen molar-refractivity contribution >= 4 is 47.0 Å². The van der Waals surface area contributed by atoms with Gasteiger partial charge in [-0.05, 0) is 51.0 Å². The van der Waals surface area contributed by atoms with Gasteiger partial charge in [-0.2, -0.15) is 0 Å². The Morgan fingerprint density at radius 2 is 1.78 bits per heavy atom. The number of halogens is 1. The van der Waals surface area contributed by atoms with Crippen LogP contribution in [0.2, 0.25) is 0 Å². The maximum absolute atomic E-state index is 13.1. The highest BCUT2D eigenvalue weighted by atomic mass is 35.5. The van der Waals surface area contributed by atoms with Gasteiger partial charge < -0.3 is 19.8 Å². The van der Waals surface area contributed by atoms with Crippen LogP contribution in [0.25, 0.3) is 10.9 Å². The lowest BCUT2D eigenvalue weighted by Crippen LogP contribution is -2.42. The summed E-state index contributed by atoms with van der Waals surface area (Å²) in [7, 11) is 1.85. The molecule has 0 saturated carbocycles. The number of nitrogens with zero attached hydrogens (tertiary/aromatic N) is 2. The lowest BCUT2D eigenvalue weighted by Gasteiger charge is -2.24. The summed E-state index contributed by atoms with van der Waals surface area (Å²) in [6.45, 7) is 5.28. The van der Waals surface area contributed by atoms with Crippen molar-refractivity contribution in [2.75, 3.05) is 13.2 Å². The molecule has 0 aliphatic rings. The van der Waals surface area contributed by atoms with Crippen molar-refractivity contribution in [1.29, 1.82) is 5.41 Å². The fraction of sp³-hybridized carbons (Fsp3) is 0.333. The number of aryl methyl sites for hydroxylation is 2. The number of nitrogen functional groups attached to an aromatic ring is 1. The molecule has 0 aliphatic carbocycles. The molecule has 3 aromatic rings. The average molecular weight is 529 g/mol. The van der Waals surface area contributed by atoms with Crippen molar-refractivity contribution < 1.29 is 23.9 Å². The zero-order chi connectivity index (χ0) is 26.4. The monoisotopic (exact) mass is 528 g/mol. The van der Waals surface area contributed by atoms with E-state index in [1.165, 1.54) is 4.90 Å². The third kappa shape index (κ3) is 7.33. The van der Waals surface area contributed by atoms with Gasteiger partial charge in [0.2, 0.25) is 0 Å². The Bertz CT molecular complexity index is 1280. The summed E-state index contributed by atoms with van der Waals surface area (Å²) < 4.78 is 12.4. The van der Waals surface area contributed by atoms with Crippen molar-refractivity contribution in [3.05, 3.63) is 65.4 Å². The molecule has 198 valence electrons. The Morgan fingerprint density at radius 1 is 1.11 bits per heavy atom. The highest BCUT2D eigenvalue weighted by Crippen LogP contribution is 2.27. The summed E-state index contributed by atoms with van der Waals surface area (Å²) >= 11 is 0. The van der Waals surface area contributed by atoms with Crippen LogP contribution in [0, 0.1) is 5.41 Å². The van der Waals surface area contributed by atoms with Crippen LogP contribution in [-0.4, -0.2) is 52.3 Å². The first-order valence-corrected chi connectivity index (χ1v) is 11.8. The Hall–Kier alpha value is -3.85. The number of amides is 1. The van der Waals surface area contributed by atoms with Crippen LogP contribution in [0.5, 0.6) is 5.75 Å². The van der Waals surface area contributed by atoms with Crippen LogP contribution in [0.15, 0.2) is 48.7 Å². The second-order valence-corrected chi connectivity index (χ2v) is 8.76. The van der Waals surface area contributed by atoms with E-state index in [9.17, 15) is 14.4 Å². The fourth-order valence-corrected chi connectivity index (χ4v) is 3.86. The minimum Gasteiger partial charge on any atom is -0.465 e. The van der Waals surface area contributed by atoms with Gasteiger partial charge in [0.25, 0.3) is 0 Å². The number of aromatic nitrogens is 1. The lowest BCUT2D eigenvalue weighted by molar-refractivity contribution is -0.144. The number of ketones is 1. The quantitative estimate of drug-likeness (QED) is 0.173. The molecule has 0 bridgehead atoms. The van der Waals surface area contributed by atoms with Crippen LogP contribution < -0.4 is 10.5 Å². The molecule has 0 fully saturated rings. The summed E-state index contributed by atoms with van der Waals surface area (Å²) in [4.78, 5) is 39.1. The summed E-state index contributed by atoms with van der Waals surface area (Å²) in [5, 5.41) is 8.17. The number of esters is 1. The number of nitrogens with one attached hydrogen (secondary N) is 1. The molecule has 0 saturated heterocycles. The number of ether oxygens (including phenoxy) is 2. The van der Waals surface area contributed by atoms with Gasteiger partial charge in [0, 0.05) is 47.7 Å². The molecule has 3 rings (SSSR count). The lowest BCUT2D eigenvalue weighted by atomic mass is 10.0. The van der Waals surface area contributed by atoms with Gasteiger partial charge in [-0.1, -0.05) is 24.3 Å². The third-order valence-electron chi connectivity index (χ3n) is 5.83. The number of hydrogen-bond donors (Lipinski definition) is 2. The Labute approximate surface area is 222 Å².